The van der Waals surface area contributed by atoms with Gasteiger partial charge in [-0.3, -0.25) is 0 Å². The zero-order valence-electron chi connectivity index (χ0n) is 10.7. The summed E-state index contributed by atoms with van der Waals surface area (Å²) in [6.07, 6.45) is 6.40. The first kappa shape index (κ1) is 11.8. The van der Waals surface area contributed by atoms with Gasteiger partial charge >= 0.3 is 0 Å². The Hall–Kier alpha value is -2.22. The number of benzene rings is 2. The molecule has 0 aromatic heterocycles. The van der Waals surface area contributed by atoms with Crippen LogP contribution in [0.1, 0.15) is 17.5 Å². The largest absolute Gasteiger partial charge is 0.454 e. The topological polar surface area (TPSA) is 18.5 Å². The molecule has 0 atom stereocenters. The molecular formula is C17H16O2. The Balaban J connectivity index is 1.57. The Morgan fingerprint density at radius 1 is 0.947 bits per heavy atom. The number of hydrogen-bond donors (Lipinski definition) is 0. The van der Waals surface area contributed by atoms with Gasteiger partial charge in [-0.2, -0.15) is 0 Å². The third-order valence-corrected chi connectivity index (χ3v) is 3.15. The van der Waals surface area contributed by atoms with E-state index < -0.39 is 0 Å². The monoisotopic (exact) mass is 252 g/mol. The van der Waals surface area contributed by atoms with Crippen LogP contribution in [0.15, 0.2) is 54.6 Å². The summed E-state index contributed by atoms with van der Waals surface area (Å²) in [5.74, 6) is 1.72. The molecule has 0 amide bonds. The van der Waals surface area contributed by atoms with Crippen molar-refractivity contribution in [2.24, 2.45) is 0 Å². The lowest BCUT2D eigenvalue weighted by Crippen LogP contribution is -1.92. The Morgan fingerprint density at radius 3 is 2.68 bits per heavy atom. The van der Waals surface area contributed by atoms with Gasteiger partial charge in [0.05, 0.1) is 0 Å². The predicted molar refractivity (Wildman–Crippen MR) is 76.4 cm³/mol. The van der Waals surface area contributed by atoms with Crippen LogP contribution in [0, 0.1) is 0 Å². The molecule has 0 spiro atoms. The van der Waals surface area contributed by atoms with Gasteiger partial charge in [0.15, 0.2) is 11.5 Å². The quantitative estimate of drug-likeness (QED) is 0.817. The van der Waals surface area contributed by atoms with E-state index >= 15 is 0 Å². The van der Waals surface area contributed by atoms with Gasteiger partial charge in [-0.1, -0.05) is 48.6 Å². The van der Waals surface area contributed by atoms with Crippen molar-refractivity contribution in [1.82, 2.24) is 0 Å². The van der Waals surface area contributed by atoms with Crippen LogP contribution in [0.5, 0.6) is 11.5 Å². The second-order valence-corrected chi connectivity index (χ2v) is 4.54. The minimum absolute atomic E-state index is 0.340. The summed E-state index contributed by atoms with van der Waals surface area (Å²) < 4.78 is 10.7. The molecule has 2 aromatic rings. The van der Waals surface area contributed by atoms with E-state index in [4.69, 9.17) is 9.47 Å². The van der Waals surface area contributed by atoms with Crippen molar-refractivity contribution in [2.75, 3.05) is 6.79 Å². The summed E-state index contributed by atoms with van der Waals surface area (Å²) >= 11 is 0. The molecule has 1 heterocycles. The molecule has 2 nitrogen and oxygen atoms in total. The van der Waals surface area contributed by atoms with Crippen molar-refractivity contribution in [3.63, 3.8) is 0 Å². The molecule has 1 aliphatic heterocycles. The van der Waals surface area contributed by atoms with Crippen molar-refractivity contribution in [3.8, 4) is 11.5 Å². The molecule has 0 fully saturated rings. The second-order valence-electron chi connectivity index (χ2n) is 4.54. The first-order valence-electron chi connectivity index (χ1n) is 6.52. The van der Waals surface area contributed by atoms with Crippen LogP contribution >= 0.6 is 0 Å². The van der Waals surface area contributed by atoms with Gasteiger partial charge in [-0.25, -0.2) is 0 Å². The molecule has 0 N–H and O–H groups in total. The van der Waals surface area contributed by atoms with E-state index in [-0.39, 0.29) is 0 Å². The summed E-state index contributed by atoms with van der Waals surface area (Å²) in [4.78, 5) is 0. The molecule has 19 heavy (non-hydrogen) atoms. The minimum Gasteiger partial charge on any atom is -0.454 e. The van der Waals surface area contributed by atoms with E-state index in [1.807, 2.05) is 12.1 Å². The van der Waals surface area contributed by atoms with Crippen molar-refractivity contribution < 1.29 is 9.47 Å². The van der Waals surface area contributed by atoms with E-state index in [9.17, 15) is 0 Å². The van der Waals surface area contributed by atoms with Crippen LogP contribution in [0.25, 0.3) is 6.08 Å². The molecule has 0 saturated heterocycles. The summed E-state index contributed by atoms with van der Waals surface area (Å²) in [7, 11) is 0. The molecule has 0 radical (unpaired) electrons. The molecule has 0 unspecified atom stereocenters. The molecule has 0 bridgehead atoms. The standard InChI is InChI=1S/C17H16O2/c1-2-6-14(7-3-1)8-4-5-9-15-10-11-16-17(12-15)19-13-18-16/h1-4,6-8,10-12H,5,9,13H2/b8-4+. The van der Waals surface area contributed by atoms with Crippen molar-refractivity contribution in [3.05, 3.63) is 65.7 Å². The lowest BCUT2D eigenvalue weighted by atomic mass is 10.1. The van der Waals surface area contributed by atoms with Crippen molar-refractivity contribution in [2.45, 2.75) is 12.8 Å². The number of ether oxygens (including phenoxy) is 2. The summed E-state index contributed by atoms with van der Waals surface area (Å²) in [6, 6.07) is 16.5. The van der Waals surface area contributed by atoms with E-state index in [0.29, 0.717) is 6.79 Å². The highest BCUT2D eigenvalue weighted by atomic mass is 16.7. The first-order valence-corrected chi connectivity index (χ1v) is 6.52. The van der Waals surface area contributed by atoms with E-state index in [1.54, 1.807) is 0 Å². The maximum absolute atomic E-state index is 5.37. The predicted octanol–water partition coefficient (Wildman–Crippen LogP) is 4.06. The van der Waals surface area contributed by atoms with Crippen LogP contribution in [-0.4, -0.2) is 6.79 Å². The van der Waals surface area contributed by atoms with Gasteiger partial charge in [0.2, 0.25) is 6.79 Å². The van der Waals surface area contributed by atoms with E-state index in [2.05, 4.69) is 48.6 Å². The molecule has 3 rings (SSSR count). The number of rotatable bonds is 4. The van der Waals surface area contributed by atoms with Crippen LogP contribution in [0.2, 0.25) is 0 Å². The average molecular weight is 252 g/mol. The Bertz CT molecular complexity index is 573. The highest BCUT2D eigenvalue weighted by Gasteiger charge is 2.12. The lowest BCUT2D eigenvalue weighted by Gasteiger charge is -2.00. The first-order chi connectivity index (χ1) is 9.42. The number of aryl methyl sites for hydroxylation is 1. The third kappa shape index (κ3) is 2.97. The highest BCUT2D eigenvalue weighted by molar-refractivity contribution is 5.49. The molecule has 2 aromatic carbocycles. The minimum atomic E-state index is 0.340. The maximum Gasteiger partial charge on any atom is 0.231 e. The van der Waals surface area contributed by atoms with Gasteiger partial charge in [-0.05, 0) is 36.1 Å². The fraction of sp³-hybridized carbons (Fsp3) is 0.176. The molecule has 96 valence electrons. The fourth-order valence-electron chi connectivity index (χ4n) is 2.13. The van der Waals surface area contributed by atoms with Crippen LogP contribution in [0.3, 0.4) is 0 Å². The molecule has 0 saturated carbocycles. The lowest BCUT2D eigenvalue weighted by molar-refractivity contribution is 0.174. The van der Waals surface area contributed by atoms with Gasteiger partial charge in [0.1, 0.15) is 0 Å². The maximum atomic E-state index is 5.37. The van der Waals surface area contributed by atoms with Crippen molar-refractivity contribution >= 4 is 6.08 Å². The molecule has 0 aliphatic carbocycles. The summed E-state index contributed by atoms with van der Waals surface area (Å²) in [5, 5.41) is 0. The zero-order valence-corrected chi connectivity index (χ0v) is 10.7. The number of allylic oxidation sites excluding steroid dienone is 1. The third-order valence-electron chi connectivity index (χ3n) is 3.15. The second kappa shape index (κ2) is 5.61. The Morgan fingerprint density at radius 2 is 1.79 bits per heavy atom. The SMILES string of the molecule is C(=C\c1ccccc1)/CCc1ccc2c(c1)OCO2. The Labute approximate surface area is 113 Å². The smallest absolute Gasteiger partial charge is 0.231 e. The number of fused-ring (bicyclic) bond motifs is 1. The summed E-state index contributed by atoms with van der Waals surface area (Å²) in [5.41, 5.74) is 2.52. The average Bonchev–Trinajstić information content (AvgIpc) is 2.92. The highest BCUT2D eigenvalue weighted by Crippen LogP contribution is 2.32. The summed E-state index contributed by atoms with van der Waals surface area (Å²) in [6.45, 7) is 0.340. The molecule has 2 heteroatoms. The normalized spacial score (nSPS) is 13.1. The molecule has 1 aliphatic rings. The van der Waals surface area contributed by atoms with Gasteiger partial charge in [-0.15, -0.1) is 0 Å². The van der Waals surface area contributed by atoms with Crippen LogP contribution in [-0.2, 0) is 6.42 Å². The van der Waals surface area contributed by atoms with E-state index in [0.717, 1.165) is 24.3 Å². The zero-order chi connectivity index (χ0) is 12.9. The van der Waals surface area contributed by atoms with Crippen LogP contribution in [0.4, 0.5) is 0 Å². The number of hydrogen-bond acceptors (Lipinski definition) is 2. The van der Waals surface area contributed by atoms with Gasteiger partial charge in [0.25, 0.3) is 0 Å². The van der Waals surface area contributed by atoms with Crippen molar-refractivity contribution in [1.29, 1.82) is 0 Å². The van der Waals surface area contributed by atoms with Gasteiger partial charge < -0.3 is 9.47 Å². The Kier molecular flexibility index (Phi) is 3.50. The fourth-order valence-corrected chi connectivity index (χ4v) is 2.13. The van der Waals surface area contributed by atoms with Gasteiger partial charge in [0, 0.05) is 0 Å². The molecular weight excluding hydrogens is 236 g/mol. The van der Waals surface area contributed by atoms with E-state index in [1.165, 1.54) is 11.1 Å². The van der Waals surface area contributed by atoms with Crippen LogP contribution < -0.4 is 9.47 Å².